The minimum atomic E-state index is 0.747. The average Bonchev–Trinajstić information content (AvgIpc) is 2.77. The molecule has 2 aliphatic rings. The molecule has 1 aromatic rings. The second-order valence-corrected chi connectivity index (χ2v) is 9.96. The summed E-state index contributed by atoms with van der Waals surface area (Å²) < 4.78 is 6.10. The molecule has 2 heteroatoms. The Morgan fingerprint density at radius 1 is 0.793 bits per heavy atom. The van der Waals surface area contributed by atoms with E-state index < -0.39 is 0 Å². The van der Waals surface area contributed by atoms with E-state index in [1.165, 1.54) is 95.6 Å². The molecule has 29 heavy (non-hydrogen) atoms. The molecule has 2 fully saturated rings. The Morgan fingerprint density at radius 2 is 1.48 bits per heavy atom. The highest BCUT2D eigenvalue weighted by molar-refractivity contribution is 5.20. The fourth-order valence-electron chi connectivity index (χ4n) is 5.77. The molecule has 0 aromatic carbocycles. The van der Waals surface area contributed by atoms with E-state index in [-0.39, 0.29) is 0 Å². The van der Waals surface area contributed by atoms with Crippen LogP contribution in [0, 0.1) is 23.7 Å². The van der Waals surface area contributed by atoms with Gasteiger partial charge in [0.05, 0.1) is 12.8 Å². The van der Waals surface area contributed by atoms with Crippen LogP contribution >= 0.6 is 0 Å². The van der Waals surface area contributed by atoms with Gasteiger partial charge in [-0.25, -0.2) is 0 Å². The fraction of sp³-hybridized carbons (Fsp3) is 0.815. The summed E-state index contributed by atoms with van der Waals surface area (Å²) in [7, 11) is 0. The van der Waals surface area contributed by atoms with Crippen molar-refractivity contribution in [2.45, 2.75) is 110 Å². The topological polar surface area (TPSA) is 22.1 Å². The number of hydrogen-bond donors (Lipinski definition) is 0. The summed E-state index contributed by atoms with van der Waals surface area (Å²) in [6.45, 7) is 5.48. The zero-order chi connectivity index (χ0) is 20.3. The minimum Gasteiger partial charge on any atom is -0.492 e. The van der Waals surface area contributed by atoms with E-state index in [0.717, 1.165) is 42.4 Å². The Bertz CT molecular complexity index is 538. The molecule has 0 N–H and O–H groups in total. The van der Waals surface area contributed by atoms with Crippen molar-refractivity contribution in [3.05, 3.63) is 24.0 Å². The quantitative estimate of drug-likeness (QED) is 0.352. The van der Waals surface area contributed by atoms with Crippen molar-refractivity contribution in [1.82, 2.24) is 4.98 Å². The largest absolute Gasteiger partial charge is 0.492 e. The number of rotatable bonds is 11. The molecule has 0 radical (unpaired) electrons. The summed E-state index contributed by atoms with van der Waals surface area (Å²) in [4.78, 5) is 4.61. The van der Waals surface area contributed by atoms with Gasteiger partial charge in [-0.3, -0.25) is 4.98 Å². The molecule has 2 aliphatic carbocycles. The molecule has 1 heterocycles. The second kappa shape index (κ2) is 12.6. The van der Waals surface area contributed by atoms with E-state index in [0.29, 0.717) is 0 Å². The Kier molecular flexibility index (Phi) is 9.83. The third kappa shape index (κ3) is 7.61. The summed E-state index contributed by atoms with van der Waals surface area (Å²) in [5, 5.41) is 0. The van der Waals surface area contributed by atoms with Crippen molar-refractivity contribution in [3.63, 3.8) is 0 Å². The molecule has 0 unspecified atom stereocenters. The predicted molar refractivity (Wildman–Crippen MR) is 123 cm³/mol. The van der Waals surface area contributed by atoms with E-state index >= 15 is 0 Å². The summed E-state index contributed by atoms with van der Waals surface area (Å²) in [5.41, 5.74) is 1.21. The van der Waals surface area contributed by atoms with Crippen LogP contribution in [0.15, 0.2) is 18.3 Å². The van der Waals surface area contributed by atoms with Crippen LogP contribution in [0.25, 0.3) is 0 Å². The standard InChI is InChI=1S/C27H45NO/c1-3-5-6-7-9-26-18-19-27(20-28-26)29-21-23-12-16-25(17-13-23)24-14-10-22(8-4-2)11-15-24/h18-20,22-25H,3-17,21H2,1-2H3. The fourth-order valence-corrected chi connectivity index (χ4v) is 5.77. The van der Waals surface area contributed by atoms with E-state index in [1.807, 2.05) is 6.20 Å². The molecule has 0 atom stereocenters. The normalized spacial score (nSPS) is 27.7. The lowest BCUT2D eigenvalue weighted by Gasteiger charge is -2.37. The Hall–Kier alpha value is -1.05. The molecule has 0 bridgehead atoms. The summed E-state index contributed by atoms with van der Waals surface area (Å²) >= 11 is 0. The Balaban J connectivity index is 1.31. The molecule has 1 aromatic heterocycles. The first-order chi connectivity index (χ1) is 14.3. The molecule has 0 saturated heterocycles. The van der Waals surface area contributed by atoms with Crippen LogP contribution in [0.2, 0.25) is 0 Å². The number of aryl methyl sites for hydroxylation is 1. The maximum atomic E-state index is 6.10. The van der Waals surface area contributed by atoms with Gasteiger partial charge in [0, 0.05) is 5.69 Å². The minimum absolute atomic E-state index is 0.747. The number of nitrogens with zero attached hydrogens (tertiary/aromatic N) is 1. The van der Waals surface area contributed by atoms with Gasteiger partial charge in [-0.05, 0) is 87.2 Å². The van der Waals surface area contributed by atoms with Crippen molar-refractivity contribution in [1.29, 1.82) is 0 Å². The maximum absolute atomic E-state index is 6.10. The zero-order valence-electron chi connectivity index (χ0n) is 19.2. The highest BCUT2D eigenvalue weighted by Crippen LogP contribution is 2.42. The van der Waals surface area contributed by atoms with Crippen molar-refractivity contribution >= 4 is 0 Å². The van der Waals surface area contributed by atoms with Gasteiger partial charge in [0.15, 0.2) is 0 Å². The zero-order valence-corrected chi connectivity index (χ0v) is 19.2. The van der Waals surface area contributed by atoms with Crippen molar-refractivity contribution in [2.24, 2.45) is 23.7 Å². The highest BCUT2D eigenvalue weighted by atomic mass is 16.5. The van der Waals surface area contributed by atoms with Gasteiger partial charge in [-0.1, -0.05) is 58.8 Å². The number of hydrogen-bond acceptors (Lipinski definition) is 2. The molecule has 2 nitrogen and oxygen atoms in total. The summed E-state index contributed by atoms with van der Waals surface area (Å²) in [5.74, 6) is 4.77. The van der Waals surface area contributed by atoms with Crippen LogP contribution in [0.1, 0.15) is 109 Å². The van der Waals surface area contributed by atoms with Gasteiger partial charge >= 0.3 is 0 Å². The van der Waals surface area contributed by atoms with Crippen LogP contribution < -0.4 is 4.74 Å². The van der Waals surface area contributed by atoms with Crippen molar-refractivity contribution in [3.8, 4) is 5.75 Å². The summed E-state index contributed by atoms with van der Waals surface area (Å²) in [6, 6.07) is 4.29. The summed E-state index contributed by atoms with van der Waals surface area (Å²) in [6.07, 6.45) is 22.7. The van der Waals surface area contributed by atoms with E-state index in [4.69, 9.17) is 4.74 Å². The van der Waals surface area contributed by atoms with Crippen molar-refractivity contribution in [2.75, 3.05) is 6.61 Å². The van der Waals surface area contributed by atoms with Gasteiger partial charge in [-0.15, -0.1) is 0 Å². The molecule has 164 valence electrons. The lowest BCUT2D eigenvalue weighted by molar-refractivity contribution is 0.122. The molecular formula is C27H45NO. The monoisotopic (exact) mass is 399 g/mol. The molecule has 3 rings (SSSR count). The third-order valence-corrected chi connectivity index (χ3v) is 7.72. The van der Waals surface area contributed by atoms with Crippen LogP contribution in [0.5, 0.6) is 5.75 Å². The first kappa shape index (κ1) is 22.6. The molecule has 0 amide bonds. The van der Waals surface area contributed by atoms with Crippen molar-refractivity contribution < 1.29 is 4.74 Å². The number of unbranched alkanes of at least 4 members (excludes halogenated alkanes) is 3. The highest BCUT2D eigenvalue weighted by Gasteiger charge is 2.30. The molecule has 0 spiro atoms. The predicted octanol–water partition coefficient (Wildman–Crippen LogP) is 8.00. The maximum Gasteiger partial charge on any atom is 0.137 e. The van der Waals surface area contributed by atoms with Gasteiger partial charge in [0.2, 0.25) is 0 Å². The van der Waals surface area contributed by atoms with Crippen LogP contribution in [0.4, 0.5) is 0 Å². The lowest BCUT2D eigenvalue weighted by Crippen LogP contribution is -2.27. The van der Waals surface area contributed by atoms with Crippen LogP contribution in [-0.2, 0) is 6.42 Å². The molecular weight excluding hydrogens is 354 g/mol. The SMILES string of the molecule is CCCCCCc1ccc(OCC2CCC(C3CCC(CCC)CC3)CC2)cn1. The van der Waals surface area contributed by atoms with E-state index in [9.17, 15) is 0 Å². The van der Waals surface area contributed by atoms with Gasteiger partial charge in [0.25, 0.3) is 0 Å². The van der Waals surface area contributed by atoms with E-state index in [1.54, 1.807) is 0 Å². The van der Waals surface area contributed by atoms with Crippen LogP contribution in [0.3, 0.4) is 0 Å². The first-order valence-corrected chi connectivity index (χ1v) is 12.9. The van der Waals surface area contributed by atoms with Crippen LogP contribution in [-0.4, -0.2) is 11.6 Å². The number of aromatic nitrogens is 1. The average molecular weight is 400 g/mol. The second-order valence-electron chi connectivity index (χ2n) is 9.96. The molecule has 0 aliphatic heterocycles. The van der Waals surface area contributed by atoms with Gasteiger partial charge in [0.1, 0.15) is 5.75 Å². The van der Waals surface area contributed by atoms with Gasteiger partial charge < -0.3 is 4.74 Å². The molecule has 2 saturated carbocycles. The third-order valence-electron chi connectivity index (χ3n) is 7.72. The van der Waals surface area contributed by atoms with E-state index in [2.05, 4.69) is 31.0 Å². The smallest absolute Gasteiger partial charge is 0.137 e. The number of ether oxygens (including phenoxy) is 1. The number of pyridine rings is 1. The lowest BCUT2D eigenvalue weighted by atomic mass is 9.69. The first-order valence-electron chi connectivity index (χ1n) is 12.9. The Morgan fingerprint density at radius 3 is 2.07 bits per heavy atom. The Labute approximate surface area is 180 Å². The van der Waals surface area contributed by atoms with Gasteiger partial charge in [-0.2, -0.15) is 0 Å².